The fourth-order valence-corrected chi connectivity index (χ4v) is 23.5. The van der Waals surface area contributed by atoms with Gasteiger partial charge in [-0.05, 0) is 242 Å². The molecule has 0 fully saturated rings. The third-order valence-corrected chi connectivity index (χ3v) is 29.6. The molecule has 21 aromatic carbocycles. The molecule has 0 spiro atoms. The van der Waals surface area contributed by atoms with E-state index in [0.29, 0.717) is 12.3 Å². The molecule has 4 nitrogen and oxygen atoms in total. The van der Waals surface area contributed by atoms with Crippen molar-refractivity contribution in [2.24, 2.45) is 5.92 Å². The van der Waals surface area contributed by atoms with Crippen LogP contribution in [-0.4, -0.2) is 0 Å². The number of furan rings is 2. The Hall–Kier alpha value is -17.2. The van der Waals surface area contributed by atoms with Crippen molar-refractivity contribution in [3.63, 3.8) is 0 Å². The summed E-state index contributed by atoms with van der Waals surface area (Å²) >= 11 is 0. The van der Waals surface area contributed by atoms with Gasteiger partial charge in [-0.25, -0.2) is 0 Å². The number of hydrogen-bond acceptors (Lipinski definition) is 4. The zero-order valence-corrected chi connectivity index (χ0v) is 76.0. The zero-order chi connectivity index (χ0) is 90.8. The molecule has 2 atom stereocenters. The summed E-state index contributed by atoms with van der Waals surface area (Å²) in [5.74, 6) is 0.419. The van der Waals surface area contributed by atoms with Crippen LogP contribution in [0.2, 0.25) is 0 Å². The minimum atomic E-state index is -0.602. The normalized spacial score (nSPS) is 14.5. The highest BCUT2D eigenvalue weighted by Gasteiger charge is 2.47. The van der Waals surface area contributed by atoms with Gasteiger partial charge in [-0.15, -0.1) is 0 Å². The van der Waals surface area contributed by atoms with E-state index in [1.165, 1.54) is 111 Å². The van der Waals surface area contributed by atoms with Gasteiger partial charge in [0.25, 0.3) is 0 Å². The highest BCUT2D eigenvalue weighted by atomic mass is 16.3. The van der Waals surface area contributed by atoms with Crippen LogP contribution < -0.4 is 9.80 Å². The van der Waals surface area contributed by atoms with E-state index in [9.17, 15) is 0 Å². The molecular formula is C133H92N2O2. The lowest BCUT2D eigenvalue weighted by Gasteiger charge is -2.34. The minimum absolute atomic E-state index is 0.419. The second-order valence-electron chi connectivity index (χ2n) is 37.3. The lowest BCUT2D eigenvalue weighted by atomic mass is 9.67. The van der Waals surface area contributed by atoms with Gasteiger partial charge in [0.2, 0.25) is 0 Å². The van der Waals surface area contributed by atoms with Gasteiger partial charge >= 0.3 is 0 Å². The van der Waals surface area contributed by atoms with Crippen molar-refractivity contribution >= 4 is 105 Å². The summed E-state index contributed by atoms with van der Waals surface area (Å²) in [7, 11) is 0. The Kier molecular flexibility index (Phi) is 19.4. The maximum atomic E-state index is 7.54. The third kappa shape index (κ3) is 13.2. The number of fused-ring (bicyclic) bond motifs is 14. The summed E-state index contributed by atoms with van der Waals surface area (Å²) in [4.78, 5) is 5.03. The molecule has 0 bridgehead atoms. The second kappa shape index (κ2) is 32.9. The maximum absolute atomic E-state index is 7.54. The number of hydrogen-bond donors (Lipinski definition) is 0. The first kappa shape index (κ1) is 80.7. The van der Waals surface area contributed by atoms with Gasteiger partial charge in [-0.3, -0.25) is 0 Å². The van der Waals surface area contributed by atoms with E-state index in [1.54, 1.807) is 0 Å². The lowest BCUT2D eigenvalue weighted by molar-refractivity contribution is 0.575. The van der Waals surface area contributed by atoms with E-state index in [2.05, 4.69) is 509 Å². The van der Waals surface area contributed by atoms with Crippen molar-refractivity contribution in [1.29, 1.82) is 0 Å². The number of allylic oxidation sites excluding steroid dienone is 4. The Bertz CT molecular complexity index is 8780. The van der Waals surface area contributed by atoms with Crippen LogP contribution in [-0.2, 0) is 17.3 Å². The molecule has 0 saturated carbocycles. The predicted octanol–water partition coefficient (Wildman–Crippen LogP) is 36.3. The average molecular weight is 1750 g/mol. The van der Waals surface area contributed by atoms with E-state index in [-0.39, 0.29) is 0 Å². The summed E-state index contributed by atoms with van der Waals surface area (Å²) in [6.07, 6.45) is 8.85. The van der Waals surface area contributed by atoms with Crippen molar-refractivity contribution < 1.29 is 8.83 Å². The average Bonchev–Trinajstić information content (AvgIpc) is 1.53. The molecule has 2 aromatic heterocycles. The van der Waals surface area contributed by atoms with Gasteiger partial charge in [-0.1, -0.05) is 426 Å². The molecule has 0 radical (unpaired) electrons. The van der Waals surface area contributed by atoms with Crippen molar-refractivity contribution in [2.45, 2.75) is 37.5 Å². The Balaban J connectivity index is 0.591. The van der Waals surface area contributed by atoms with E-state index in [0.717, 1.165) is 146 Å². The van der Waals surface area contributed by atoms with Gasteiger partial charge in [0, 0.05) is 60.5 Å². The molecule has 646 valence electrons. The summed E-state index contributed by atoms with van der Waals surface area (Å²) in [6.45, 7) is 4.78. The largest absolute Gasteiger partial charge is 0.456 e. The quantitative estimate of drug-likeness (QED) is 0.0857. The van der Waals surface area contributed by atoms with Crippen molar-refractivity contribution in [2.75, 3.05) is 9.80 Å². The van der Waals surface area contributed by atoms with E-state index in [1.807, 2.05) is 6.07 Å². The fraction of sp³-hybridized carbons (Fsp3) is 0.0526. The van der Waals surface area contributed by atoms with E-state index in [4.69, 9.17) is 8.83 Å². The molecule has 2 unspecified atom stereocenters. The van der Waals surface area contributed by atoms with Crippen molar-refractivity contribution in [3.8, 4) is 100 Å². The maximum Gasteiger partial charge on any atom is 0.138 e. The van der Waals surface area contributed by atoms with Crippen LogP contribution in [0.25, 0.3) is 171 Å². The fourth-order valence-electron chi connectivity index (χ4n) is 23.5. The zero-order valence-electron chi connectivity index (χ0n) is 76.0. The van der Waals surface area contributed by atoms with Gasteiger partial charge < -0.3 is 18.6 Å². The van der Waals surface area contributed by atoms with E-state index >= 15 is 0 Å². The molecular weight excluding hydrogens is 1660 g/mol. The Morgan fingerprint density at radius 1 is 0.277 bits per heavy atom. The molecule has 0 amide bonds. The van der Waals surface area contributed by atoms with Gasteiger partial charge in [0.05, 0.1) is 33.9 Å². The lowest BCUT2D eigenvalue weighted by Crippen LogP contribution is -2.28. The molecule has 137 heavy (non-hydrogen) atoms. The highest BCUT2D eigenvalue weighted by molar-refractivity contribution is 6.14. The van der Waals surface area contributed by atoms with Crippen LogP contribution in [0.15, 0.2) is 500 Å². The topological polar surface area (TPSA) is 32.8 Å². The van der Waals surface area contributed by atoms with Crippen LogP contribution in [0.3, 0.4) is 0 Å². The van der Waals surface area contributed by atoms with Crippen LogP contribution in [0.5, 0.6) is 0 Å². The smallest absolute Gasteiger partial charge is 0.138 e. The summed E-state index contributed by atoms with van der Waals surface area (Å²) in [6, 6.07) is 176. The molecule has 0 aliphatic heterocycles. The first-order valence-corrected chi connectivity index (χ1v) is 47.9. The summed E-state index contributed by atoms with van der Waals surface area (Å²) < 4.78 is 14.2. The van der Waals surface area contributed by atoms with Gasteiger partial charge in [-0.2, -0.15) is 0 Å². The first-order valence-electron chi connectivity index (χ1n) is 47.9. The number of para-hydroxylation sites is 7. The molecule has 0 N–H and O–H groups in total. The third-order valence-electron chi connectivity index (χ3n) is 29.6. The predicted molar refractivity (Wildman–Crippen MR) is 574 cm³/mol. The van der Waals surface area contributed by atoms with Gasteiger partial charge in [0.15, 0.2) is 0 Å². The summed E-state index contributed by atoms with van der Waals surface area (Å²) in [5, 5.41) is 9.19. The Labute approximate surface area is 797 Å². The van der Waals surface area contributed by atoms with Crippen LogP contribution >= 0.6 is 0 Å². The number of benzene rings is 21. The Morgan fingerprint density at radius 2 is 0.693 bits per heavy atom. The second-order valence-corrected chi connectivity index (χ2v) is 37.3. The first-order chi connectivity index (χ1) is 67.7. The summed E-state index contributed by atoms with van der Waals surface area (Å²) in [5.41, 5.74) is 40.6. The van der Waals surface area contributed by atoms with Gasteiger partial charge in [0.1, 0.15) is 22.3 Å². The Morgan fingerprint density at radius 3 is 1.32 bits per heavy atom. The molecule has 2 heterocycles. The molecule has 3 aliphatic carbocycles. The molecule has 26 rings (SSSR count). The van der Waals surface area contributed by atoms with Crippen molar-refractivity contribution in [3.05, 3.63) is 536 Å². The number of rotatable bonds is 18. The molecule has 0 saturated heterocycles. The standard InChI is InChI=1S/C133H92N2O2/c1-86-35-28-42-91(81-86)104-57-30-39-90-41-32-60-113(129(90)104)108-53-18-26-69-124(108)135(121-66-23-15-48-99(121)92-73-78-106-105-51-12-21-63-117(105)133(119(106)82-92,96-44-8-4-9-45-96)97-46-10-5-11-47-97)122-67-24-16-50-101(122)94-75-80-111-114-61-33-43-95(131(114)137-127(111)84-94)85-132(2)116-62-20-13-55-115(116)130-103(58-34-64-118(130)132)88-71-76-98(77-72-88)134(120-65-22-14-49-100(120)93-74-79-110-109-54-19-27-70-125(109)136-126(110)83-93)123-68-25-17-52-107(123)112-59-31-40-89-38-29-56-102(128(89)112)87-36-6-3-7-37-87/h3-34,36-84,86H,35,85H2,1-2H3. The molecule has 23 aromatic rings. The number of anilines is 6. The molecule has 4 heteroatoms. The van der Waals surface area contributed by atoms with E-state index < -0.39 is 10.8 Å². The number of nitrogens with zero attached hydrogens (tertiary/aromatic N) is 2. The van der Waals surface area contributed by atoms with Crippen molar-refractivity contribution in [1.82, 2.24) is 0 Å². The monoisotopic (exact) mass is 1750 g/mol. The minimum Gasteiger partial charge on any atom is -0.456 e. The highest BCUT2D eigenvalue weighted by Crippen LogP contribution is 2.60. The molecule has 3 aliphatic rings. The SMILES string of the molecule is CC1C=C(c2cccc3cccc(-c4ccccc4N(c4ccccc4-c4ccc5c(c4)C(c4ccccc4)(c4ccccc4)c4ccccc4-5)c4ccccc4-c4ccc5c(c4)oc4c(CC6(C)c7ccccc7-c7c(-c8ccc(N(c9ccccc9-c9ccc%10c(c9)oc9ccccc9%10)c9ccccc9-c9cccc%10cccc(-c%11ccccc%11)c9%10)cc8)cccc76)cccc45)c23)C=CC1. The van der Waals surface area contributed by atoms with Crippen LogP contribution in [0, 0.1) is 5.92 Å². The van der Waals surface area contributed by atoms with Crippen LogP contribution in [0.4, 0.5) is 34.1 Å². The van der Waals surface area contributed by atoms with Crippen LogP contribution in [0.1, 0.15) is 64.8 Å².